The number of nitrogens with zero attached hydrogens (tertiary/aromatic N) is 1. The van der Waals surface area contributed by atoms with Gasteiger partial charge in [0, 0.05) is 15.6 Å². The first kappa shape index (κ1) is 24.2. The van der Waals surface area contributed by atoms with E-state index in [1.54, 1.807) is 24.4 Å². The predicted molar refractivity (Wildman–Crippen MR) is 126 cm³/mol. The molecule has 0 aliphatic carbocycles. The number of hydrogen-bond donors (Lipinski definition) is 1. The van der Waals surface area contributed by atoms with Crippen LogP contribution < -0.4 is 19.6 Å². The van der Waals surface area contributed by atoms with E-state index in [1.807, 2.05) is 32.9 Å². The van der Waals surface area contributed by atoms with E-state index < -0.39 is 0 Å². The molecule has 0 heterocycles. The maximum atomic E-state index is 12.5. The number of rotatable bonds is 11. The minimum Gasteiger partial charge on any atom is -0.492 e. The number of hydrazone groups is 1. The Morgan fingerprint density at radius 3 is 2.43 bits per heavy atom. The van der Waals surface area contributed by atoms with Gasteiger partial charge in [-0.15, -0.1) is 0 Å². The van der Waals surface area contributed by atoms with Gasteiger partial charge in [0.15, 0.2) is 11.5 Å². The van der Waals surface area contributed by atoms with Crippen LogP contribution in [0.2, 0.25) is 0 Å². The molecular formula is C22H26Br2N2O4. The Hall–Kier alpha value is -2.06. The molecule has 0 fully saturated rings. The quantitative estimate of drug-likeness (QED) is 0.282. The Morgan fingerprint density at radius 2 is 1.73 bits per heavy atom. The molecule has 0 bridgehead atoms. The summed E-state index contributed by atoms with van der Waals surface area (Å²) in [5.74, 6) is 1.48. The normalized spacial score (nSPS) is 10.8. The summed E-state index contributed by atoms with van der Waals surface area (Å²) in [7, 11) is 0. The fraction of sp³-hybridized carbons (Fsp3) is 0.364. The van der Waals surface area contributed by atoms with Gasteiger partial charge >= 0.3 is 0 Å². The van der Waals surface area contributed by atoms with Crippen LogP contribution in [0.4, 0.5) is 0 Å². The molecule has 0 aliphatic rings. The summed E-state index contributed by atoms with van der Waals surface area (Å²) in [6.45, 7) is 7.60. The summed E-state index contributed by atoms with van der Waals surface area (Å²) in [6.07, 6.45) is 3.33. The number of carbonyl (C=O) groups excluding carboxylic acids is 1. The van der Waals surface area contributed by atoms with Crippen LogP contribution in [0.3, 0.4) is 0 Å². The van der Waals surface area contributed by atoms with Crippen LogP contribution in [-0.2, 0) is 0 Å². The summed E-state index contributed by atoms with van der Waals surface area (Å²) < 4.78 is 18.8. The van der Waals surface area contributed by atoms with Crippen molar-refractivity contribution in [2.75, 3.05) is 19.8 Å². The Morgan fingerprint density at radius 1 is 1.00 bits per heavy atom. The summed E-state index contributed by atoms with van der Waals surface area (Å²) in [5.41, 5.74) is 3.72. The molecule has 0 aromatic heterocycles. The van der Waals surface area contributed by atoms with Crippen LogP contribution in [-0.4, -0.2) is 31.9 Å². The number of carbonyl (C=O) groups is 1. The van der Waals surface area contributed by atoms with Crippen molar-refractivity contribution >= 4 is 44.0 Å². The van der Waals surface area contributed by atoms with Crippen molar-refractivity contribution in [3.8, 4) is 17.2 Å². The number of ether oxygens (including phenoxy) is 3. The van der Waals surface area contributed by atoms with Gasteiger partial charge in [0.05, 0.1) is 30.5 Å². The standard InChI is InChI=1S/C22H26Br2N2O4/c1-4-9-29-19-8-7-15(12-20(19)28-6-3)22(27)26-25-14-16-11-17(23)13-18(24)21(16)30-10-5-2/h7-8,11-14H,4-6,9-10H2,1-3H3,(H,26,27)/b25-14+. The lowest BCUT2D eigenvalue weighted by Crippen LogP contribution is -2.18. The third-order valence-electron chi connectivity index (χ3n) is 3.82. The van der Waals surface area contributed by atoms with Crippen molar-refractivity contribution in [2.45, 2.75) is 33.6 Å². The molecule has 0 radical (unpaired) electrons. The van der Waals surface area contributed by atoms with Gasteiger partial charge in [-0.3, -0.25) is 4.79 Å². The van der Waals surface area contributed by atoms with Crippen molar-refractivity contribution in [3.05, 3.63) is 50.4 Å². The summed E-state index contributed by atoms with van der Waals surface area (Å²) in [4.78, 5) is 12.5. The van der Waals surface area contributed by atoms with E-state index in [4.69, 9.17) is 14.2 Å². The lowest BCUT2D eigenvalue weighted by molar-refractivity contribution is 0.0954. The smallest absolute Gasteiger partial charge is 0.271 e. The molecule has 1 N–H and O–H groups in total. The number of nitrogens with one attached hydrogen (secondary N) is 1. The fourth-order valence-electron chi connectivity index (χ4n) is 2.51. The number of halogens is 2. The number of benzene rings is 2. The van der Waals surface area contributed by atoms with Crippen molar-refractivity contribution in [1.29, 1.82) is 0 Å². The molecule has 0 saturated carbocycles. The average Bonchev–Trinajstić information content (AvgIpc) is 2.72. The predicted octanol–water partition coefficient (Wildman–Crippen LogP) is 5.95. The summed E-state index contributed by atoms with van der Waals surface area (Å²) in [5, 5.41) is 4.10. The van der Waals surface area contributed by atoms with Crippen molar-refractivity contribution in [2.24, 2.45) is 5.10 Å². The maximum absolute atomic E-state index is 12.5. The molecule has 2 rings (SSSR count). The Bertz CT molecular complexity index is 888. The zero-order valence-corrected chi connectivity index (χ0v) is 20.5. The second-order valence-electron chi connectivity index (χ2n) is 6.30. The van der Waals surface area contributed by atoms with Crippen LogP contribution in [0.1, 0.15) is 49.5 Å². The third-order valence-corrected chi connectivity index (χ3v) is 4.87. The highest BCUT2D eigenvalue weighted by Crippen LogP contribution is 2.32. The molecule has 0 unspecified atom stereocenters. The SMILES string of the molecule is CCCOc1ccc(C(=O)N/N=C/c2cc(Br)cc(Br)c2OCCC)cc1OCC. The van der Waals surface area contributed by atoms with Gasteiger partial charge in [-0.1, -0.05) is 29.8 Å². The molecule has 1 amide bonds. The third kappa shape index (κ3) is 7.02. The minimum atomic E-state index is -0.348. The van der Waals surface area contributed by atoms with E-state index in [1.165, 1.54) is 0 Å². The Balaban J connectivity index is 2.15. The first-order valence-corrected chi connectivity index (χ1v) is 11.4. The van der Waals surface area contributed by atoms with Crippen LogP contribution in [0.25, 0.3) is 0 Å². The molecule has 0 aliphatic heterocycles. The van der Waals surface area contributed by atoms with Crippen molar-refractivity contribution in [3.63, 3.8) is 0 Å². The molecule has 2 aromatic rings. The zero-order valence-electron chi connectivity index (χ0n) is 17.3. The van der Waals surface area contributed by atoms with Crippen LogP contribution >= 0.6 is 31.9 Å². The van der Waals surface area contributed by atoms with Crippen LogP contribution in [0.5, 0.6) is 17.2 Å². The molecule has 2 aromatic carbocycles. The van der Waals surface area contributed by atoms with E-state index in [0.717, 1.165) is 27.4 Å². The van der Waals surface area contributed by atoms with Crippen molar-refractivity contribution < 1.29 is 19.0 Å². The number of hydrogen-bond acceptors (Lipinski definition) is 5. The molecule has 8 heteroatoms. The lowest BCUT2D eigenvalue weighted by Gasteiger charge is -2.12. The summed E-state index contributed by atoms with van der Waals surface area (Å²) >= 11 is 6.96. The Labute approximate surface area is 194 Å². The molecule has 0 spiro atoms. The lowest BCUT2D eigenvalue weighted by atomic mass is 10.2. The Kier molecular flexibility index (Phi) is 10.2. The van der Waals surface area contributed by atoms with Gasteiger partial charge < -0.3 is 14.2 Å². The molecule has 0 saturated heterocycles. The summed E-state index contributed by atoms with van der Waals surface area (Å²) in [6, 6.07) is 8.85. The van der Waals surface area contributed by atoms with E-state index in [0.29, 0.717) is 42.6 Å². The van der Waals surface area contributed by atoms with Crippen LogP contribution in [0, 0.1) is 0 Å². The van der Waals surface area contributed by atoms with Gasteiger partial charge in [-0.25, -0.2) is 5.43 Å². The van der Waals surface area contributed by atoms with Gasteiger partial charge in [-0.05, 0) is 66.0 Å². The van der Waals surface area contributed by atoms with Gasteiger partial charge in [-0.2, -0.15) is 5.10 Å². The second-order valence-corrected chi connectivity index (χ2v) is 8.07. The monoisotopic (exact) mass is 540 g/mol. The second kappa shape index (κ2) is 12.6. The molecule has 0 atom stereocenters. The largest absolute Gasteiger partial charge is 0.492 e. The molecule has 6 nitrogen and oxygen atoms in total. The first-order valence-electron chi connectivity index (χ1n) is 9.85. The minimum absolute atomic E-state index is 0.348. The van der Waals surface area contributed by atoms with Gasteiger partial charge in [0.2, 0.25) is 0 Å². The van der Waals surface area contributed by atoms with Crippen LogP contribution in [0.15, 0.2) is 44.4 Å². The highest BCUT2D eigenvalue weighted by atomic mass is 79.9. The highest BCUT2D eigenvalue weighted by molar-refractivity contribution is 9.11. The van der Waals surface area contributed by atoms with E-state index in [9.17, 15) is 4.79 Å². The topological polar surface area (TPSA) is 69.2 Å². The van der Waals surface area contributed by atoms with E-state index in [2.05, 4.69) is 42.4 Å². The number of amides is 1. The fourth-order valence-corrected chi connectivity index (χ4v) is 3.88. The van der Waals surface area contributed by atoms with Gasteiger partial charge in [0.1, 0.15) is 5.75 Å². The average molecular weight is 542 g/mol. The molecule has 30 heavy (non-hydrogen) atoms. The highest BCUT2D eigenvalue weighted by Gasteiger charge is 2.12. The first-order chi connectivity index (χ1) is 14.5. The van der Waals surface area contributed by atoms with E-state index in [-0.39, 0.29) is 5.91 Å². The van der Waals surface area contributed by atoms with Crippen molar-refractivity contribution in [1.82, 2.24) is 5.43 Å². The van der Waals surface area contributed by atoms with Gasteiger partial charge in [0.25, 0.3) is 5.91 Å². The maximum Gasteiger partial charge on any atom is 0.271 e. The van der Waals surface area contributed by atoms with E-state index >= 15 is 0 Å². The molecule has 162 valence electrons. The zero-order chi connectivity index (χ0) is 21.9. The molecular weight excluding hydrogens is 516 g/mol.